The first kappa shape index (κ1) is 17.8. The van der Waals surface area contributed by atoms with Crippen LogP contribution in [0.15, 0.2) is 67.3 Å². The number of aromatic nitrogens is 1. The van der Waals surface area contributed by atoms with Crippen molar-refractivity contribution in [2.75, 3.05) is 5.32 Å². The van der Waals surface area contributed by atoms with E-state index >= 15 is 0 Å². The Labute approximate surface area is 159 Å². The van der Waals surface area contributed by atoms with Gasteiger partial charge in [0.25, 0.3) is 0 Å². The molecule has 1 heterocycles. The van der Waals surface area contributed by atoms with Crippen LogP contribution in [0.3, 0.4) is 0 Å². The molecule has 0 atom stereocenters. The Bertz CT molecular complexity index is 854. The molecular formula is C19H17BrN2O2S. The van der Waals surface area contributed by atoms with Gasteiger partial charge in [0.15, 0.2) is 0 Å². The number of halogens is 1. The van der Waals surface area contributed by atoms with Crippen LogP contribution in [0.4, 0.5) is 5.69 Å². The molecule has 0 fully saturated rings. The lowest BCUT2D eigenvalue weighted by Gasteiger charge is -2.07. The number of carbonyl (C=O) groups excluding carboxylic acids is 1. The van der Waals surface area contributed by atoms with Crippen molar-refractivity contribution in [2.24, 2.45) is 0 Å². The zero-order valence-electron chi connectivity index (χ0n) is 13.9. The fraction of sp³-hybridized carbons (Fsp3) is 0.158. The van der Waals surface area contributed by atoms with Gasteiger partial charge in [-0.05, 0) is 62.4 Å². The number of benzene rings is 2. The molecule has 1 N–H and O–H groups in total. The summed E-state index contributed by atoms with van der Waals surface area (Å²) >= 11 is 5.11. The van der Waals surface area contributed by atoms with Crippen LogP contribution in [-0.4, -0.2) is 11.1 Å². The third-order valence-corrected chi connectivity index (χ3v) is 5.25. The van der Waals surface area contributed by atoms with Crippen molar-refractivity contribution in [3.05, 3.63) is 70.0 Å². The zero-order valence-corrected chi connectivity index (χ0v) is 16.3. The van der Waals surface area contributed by atoms with Crippen LogP contribution < -0.4 is 5.32 Å². The Morgan fingerprint density at radius 3 is 2.24 bits per heavy atom. The van der Waals surface area contributed by atoms with Gasteiger partial charge >= 0.3 is 0 Å². The Hall–Kier alpha value is -2.05. The molecule has 2 aromatic carbocycles. The number of hydrogen-bond donors (Lipinski definition) is 1. The Balaban J connectivity index is 1.60. The summed E-state index contributed by atoms with van der Waals surface area (Å²) < 4.78 is 6.15. The van der Waals surface area contributed by atoms with Crippen molar-refractivity contribution in [1.82, 2.24) is 5.16 Å². The van der Waals surface area contributed by atoms with Gasteiger partial charge in [0, 0.05) is 25.5 Å². The second-order valence-electron chi connectivity index (χ2n) is 5.61. The molecule has 0 aliphatic heterocycles. The first-order valence-electron chi connectivity index (χ1n) is 7.76. The molecule has 0 aliphatic carbocycles. The van der Waals surface area contributed by atoms with E-state index in [1.54, 1.807) is 11.8 Å². The fourth-order valence-corrected chi connectivity index (χ4v) is 3.45. The van der Waals surface area contributed by atoms with Gasteiger partial charge in [-0.3, -0.25) is 4.79 Å². The molecule has 4 nitrogen and oxygen atoms in total. The molecule has 3 aromatic rings. The quantitative estimate of drug-likeness (QED) is 0.605. The topological polar surface area (TPSA) is 55.1 Å². The third-order valence-electron chi connectivity index (χ3n) is 3.71. The Morgan fingerprint density at radius 2 is 1.68 bits per heavy atom. The van der Waals surface area contributed by atoms with Gasteiger partial charge in [-0.15, -0.1) is 0 Å². The van der Waals surface area contributed by atoms with E-state index in [1.165, 1.54) is 4.90 Å². The Kier molecular flexibility index (Phi) is 5.60. The molecular weight excluding hydrogens is 400 g/mol. The molecule has 0 saturated carbocycles. The van der Waals surface area contributed by atoms with Crippen molar-refractivity contribution >= 4 is 39.3 Å². The summed E-state index contributed by atoms with van der Waals surface area (Å²) in [6, 6.07) is 16.0. The van der Waals surface area contributed by atoms with Gasteiger partial charge in [0.2, 0.25) is 5.91 Å². The van der Waals surface area contributed by atoms with Gasteiger partial charge in [-0.1, -0.05) is 32.8 Å². The number of rotatable bonds is 5. The second kappa shape index (κ2) is 7.89. The molecule has 0 unspecified atom stereocenters. The van der Waals surface area contributed by atoms with E-state index < -0.39 is 0 Å². The summed E-state index contributed by atoms with van der Waals surface area (Å²) in [7, 11) is 0. The van der Waals surface area contributed by atoms with Crippen LogP contribution in [0, 0.1) is 13.8 Å². The van der Waals surface area contributed by atoms with Gasteiger partial charge in [0.05, 0.1) is 12.1 Å². The number of nitrogens with one attached hydrogen (secondary N) is 1. The van der Waals surface area contributed by atoms with E-state index in [0.717, 1.165) is 26.3 Å². The third kappa shape index (κ3) is 4.74. The highest BCUT2D eigenvalue weighted by Crippen LogP contribution is 2.29. The molecule has 0 bridgehead atoms. The van der Waals surface area contributed by atoms with Crippen molar-refractivity contribution in [1.29, 1.82) is 0 Å². The number of anilines is 1. The lowest BCUT2D eigenvalue weighted by molar-refractivity contribution is -0.115. The van der Waals surface area contributed by atoms with E-state index in [-0.39, 0.29) is 12.3 Å². The first-order chi connectivity index (χ1) is 12.0. The maximum absolute atomic E-state index is 12.2. The molecule has 0 aliphatic rings. The largest absolute Gasteiger partial charge is 0.361 e. The number of carbonyl (C=O) groups is 1. The van der Waals surface area contributed by atoms with Crippen LogP contribution in [0.5, 0.6) is 0 Å². The number of amides is 1. The maximum atomic E-state index is 12.2. The summed E-state index contributed by atoms with van der Waals surface area (Å²) in [6.45, 7) is 3.66. The summed E-state index contributed by atoms with van der Waals surface area (Å²) in [5, 5.41) is 6.78. The van der Waals surface area contributed by atoms with Crippen molar-refractivity contribution < 1.29 is 9.32 Å². The van der Waals surface area contributed by atoms with E-state index in [9.17, 15) is 4.79 Å². The van der Waals surface area contributed by atoms with E-state index in [2.05, 4.69) is 38.5 Å². The lowest BCUT2D eigenvalue weighted by Crippen LogP contribution is -2.15. The zero-order chi connectivity index (χ0) is 17.8. The average molecular weight is 417 g/mol. The number of nitrogens with zero attached hydrogens (tertiary/aromatic N) is 1. The predicted molar refractivity (Wildman–Crippen MR) is 103 cm³/mol. The highest BCUT2D eigenvalue weighted by molar-refractivity contribution is 9.10. The minimum Gasteiger partial charge on any atom is -0.361 e. The summed E-state index contributed by atoms with van der Waals surface area (Å²) in [6.07, 6.45) is 0.260. The summed E-state index contributed by atoms with van der Waals surface area (Å²) in [5.41, 5.74) is 2.38. The van der Waals surface area contributed by atoms with Gasteiger partial charge in [-0.2, -0.15) is 0 Å². The van der Waals surface area contributed by atoms with E-state index in [4.69, 9.17) is 4.52 Å². The lowest BCUT2D eigenvalue weighted by atomic mass is 10.1. The Morgan fingerprint density at radius 1 is 1.08 bits per heavy atom. The van der Waals surface area contributed by atoms with Crippen LogP contribution in [0.25, 0.3) is 0 Å². The number of hydrogen-bond acceptors (Lipinski definition) is 4. The van der Waals surface area contributed by atoms with Crippen LogP contribution in [0.2, 0.25) is 0 Å². The molecule has 6 heteroatoms. The highest BCUT2D eigenvalue weighted by Gasteiger charge is 2.13. The molecule has 0 saturated heterocycles. The van der Waals surface area contributed by atoms with Gasteiger partial charge in [-0.25, -0.2) is 0 Å². The molecule has 1 amide bonds. The monoisotopic (exact) mass is 416 g/mol. The molecule has 3 rings (SSSR count). The second-order valence-corrected chi connectivity index (χ2v) is 7.67. The van der Waals surface area contributed by atoms with Crippen molar-refractivity contribution in [2.45, 2.75) is 30.1 Å². The van der Waals surface area contributed by atoms with Crippen molar-refractivity contribution in [3.8, 4) is 0 Å². The van der Waals surface area contributed by atoms with Crippen LogP contribution in [0.1, 0.15) is 17.0 Å². The highest BCUT2D eigenvalue weighted by atomic mass is 79.9. The van der Waals surface area contributed by atoms with Gasteiger partial charge in [0.1, 0.15) is 5.76 Å². The SMILES string of the molecule is Cc1noc(C)c1CC(=O)Nc1ccc(Sc2ccc(Br)cc2)cc1. The fourth-order valence-electron chi connectivity index (χ4n) is 2.37. The first-order valence-corrected chi connectivity index (χ1v) is 9.37. The molecule has 1 aromatic heterocycles. The van der Waals surface area contributed by atoms with Crippen LogP contribution >= 0.6 is 27.7 Å². The molecule has 25 heavy (non-hydrogen) atoms. The average Bonchev–Trinajstić information content (AvgIpc) is 2.90. The van der Waals surface area contributed by atoms with Gasteiger partial charge < -0.3 is 9.84 Å². The maximum Gasteiger partial charge on any atom is 0.228 e. The molecule has 0 spiro atoms. The summed E-state index contributed by atoms with van der Waals surface area (Å²) in [4.78, 5) is 14.5. The van der Waals surface area contributed by atoms with Crippen molar-refractivity contribution in [3.63, 3.8) is 0 Å². The van der Waals surface area contributed by atoms with E-state index in [0.29, 0.717) is 5.76 Å². The smallest absolute Gasteiger partial charge is 0.228 e. The number of aryl methyl sites for hydroxylation is 2. The van der Waals surface area contributed by atoms with Crippen LogP contribution in [-0.2, 0) is 11.2 Å². The standard InChI is InChI=1S/C19H17BrN2O2S/c1-12-18(13(2)24-22-12)11-19(23)21-15-5-9-17(10-6-15)25-16-7-3-14(20)4-8-16/h3-10H,11H2,1-2H3,(H,21,23). The minimum atomic E-state index is -0.0808. The summed E-state index contributed by atoms with van der Waals surface area (Å²) in [5.74, 6) is 0.608. The van der Waals surface area contributed by atoms with E-state index in [1.807, 2.05) is 50.2 Å². The normalized spacial score (nSPS) is 10.7. The molecule has 128 valence electrons. The predicted octanol–water partition coefficient (Wildman–Crippen LogP) is 5.39. The minimum absolute atomic E-state index is 0.0808. The molecule has 0 radical (unpaired) electrons.